The Morgan fingerprint density at radius 1 is 1.06 bits per heavy atom. The SMILES string of the molecule is Cc1ccc([C@@H]2CCCC[C@H]2c2nnn[nH]2)cc1. The van der Waals surface area contributed by atoms with E-state index >= 15 is 0 Å². The van der Waals surface area contributed by atoms with E-state index in [1.807, 2.05) is 0 Å². The summed E-state index contributed by atoms with van der Waals surface area (Å²) < 4.78 is 0. The molecule has 0 amide bonds. The third kappa shape index (κ3) is 2.15. The highest BCUT2D eigenvalue weighted by atomic mass is 15.5. The second-order valence-electron chi connectivity index (χ2n) is 5.19. The second kappa shape index (κ2) is 4.88. The van der Waals surface area contributed by atoms with Crippen LogP contribution in [0.3, 0.4) is 0 Å². The number of nitrogens with one attached hydrogen (secondary N) is 1. The zero-order valence-corrected chi connectivity index (χ0v) is 10.6. The first-order chi connectivity index (χ1) is 8.84. The zero-order chi connectivity index (χ0) is 12.4. The summed E-state index contributed by atoms with van der Waals surface area (Å²) in [6, 6.07) is 8.89. The summed E-state index contributed by atoms with van der Waals surface area (Å²) in [4.78, 5) is 0. The summed E-state index contributed by atoms with van der Waals surface area (Å²) in [5, 5.41) is 14.5. The van der Waals surface area contributed by atoms with Gasteiger partial charge in [0.05, 0.1) is 0 Å². The third-order valence-corrected chi connectivity index (χ3v) is 3.98. The van der Waals surface area contributed by atoms with Crippen LogP contribution in [-0.2, 0) is 0 Å². The van der Waals surface area contributed by atoms with Crippen LogP contribution in [0.1, 0.15) is 54.5 Å². The summed E-state index contributed by atoms with van der Waals surface area (Å²) in [7, 11) is 0. The first kappa shape index (κ1) is 11.4. The summed E-state index contributed by atoms with van der Waals surface area (Å²) >= 11 is 0. The number of tetrazole rings is 1. The zero-order valence-electron chi connectivity index (χ0n) is 10.6. The standard InChI is InChI=1S/C14H18N4/c1-10-6-8-11(9-7-10)12-4-2-3-5-13(12)14-15-17-18-16-14/h6-9,12-13H,2-5H2,1H3,(H,15,16,17,18)/t12-,13+/m0/s1. The van der Waals surface area contributed by atoms with Crippen molar-refractivity contribution >= 4 is 0 Å². The van der Waals surface area contributed by atoms with Crippen LogP contribution in [0.15, 0.2) is 24.3 Å². The van der Waals surface area contributed by atoms with Crippen molar-refractivity contribution in [3.05, 3.63) is 41.2 Å². The predicted molar refractivity (Wildman–Crippen MR) is 69.3 cm³/mol. The smallest absolute Gasteiger partial charge is 0.152 e. The molecule has 3 rings (SSSR count). The fourth-order valence-electron chi connectivity index (χ4n) is 2.99. The van der Waals surface area contributed by atoms with Crippen LogP contribution in [0.5, 0.6) is 0 Å². The van der Waals surface area contributed by atoms with Gasteiger partial charge in [0.1, 0.15) is 0 Å². The van der Waals surface area contributed by atoms with Gasteiger partial charge in [-0.15, -0.1) is 5.10 Å². The minimum atomic E-state index is 0.441. The maximum Gasteiger partial charge on any atom is 0.152 e. The fourth-order valence-corrected chi connectivity index (χ4v) is 2.99. The monoisotopic (exact) mass is 242 g/mol. The predicted octanol–water partition coefficient (Wildman–Crippen LogP) is 2.95. The van der Waals surface area contributed by atoms with Crippen molar-refractivity contribution in [2.24, 2.45) is 0 Å². The van der Waals surface area contributed by atoms with E-state index in [1.54, 1.807) is 0 Å². The number of rotatable bonds is 2. The average Bonchev–Trinajstić information content (AvgIpc) is 2.93. The number of aromatic amines is 1. The summed E-state index contributed by atoms with van der Waals surface area (Å²) in [5.41, 5.74) is 2.73. The largest absolute Gasteiger partial charge is 0.243 e. The van der Waals surface area contributed by atoms with E-state index in [9.17, 15) is 0 Å². The molecular formula is C14H18N4. The van der Waals surface area contributed by atoms with Crippen LogP contribution < -0.4 is 0 Å². The Morgan fingerprint density at radius 3 is 2.44 bits per heavy atom. The molecule has 1 aliphatic rings. The summed E-state index contributed by atoms with van der Waals surface area (Å²) in [5.74, 6) is 1.94. The number of hydrogen-bond acceptors (Lipinski definition) is 3. The van der Waals surface area contributed by atoms with E-state index in [0.29, 0.717) is 11.8 Å². The van der Waals surface area contributed by atoms with E-state index < -0.39 is 0 Å². The maximum atomic E-state index is 4.12. The molecule has 2 aromatic rings. The second-order valence-corrected chi connectivity index (χ2v) is 5.19. The van der Waals surface area contributed by atoms with Crippen LogP contribution in [0.4, 0.5) is 0 Å². The van der Waals surface area contributed by atoms with E-state index in [-0.39, 0.29) is 0 Å². The van der Waals surface area contributed by atoms with Crippen molar-refractivity contribution in [3.8, 4) is 0 Å². The Hall–Kier alpha value is -1.71. The number of aryl methyl sites for hydroxylation is 1. The molecule has 1 aliphatic carbocycles. The van der Waals surface area contributed by atoms with Crippen LogP contribution in [-0.4, -0.2) is 20.6 Å². The van der Waals surface area contributed by atoms with Crippen molar-refractivity contribution in [1.82, 2.24) is 20.6 Å². The van der Waals surface area contributed by atoms with Crippen molar-refractivity contribution < 1.29 is 0 Å². The summed E-state index contributed by atoms with van der Waals surface area (Å²) in [6.45, 7) is 2.13. The van der Waals surface area contributed by atoms with Gasteiger partial charge >= 0.3 is 0 Å². The molecule has 0 aliphatic heterocycles. The van der Waals surface area contributed by atoms with E-state index in [2.05, 4.69) is 51.8 Å². The highest BCUT2D eigenvalue weighted by Crippen LogP contribution is 2.42. The third-order valence-electron chi connectivity index (χ3n) is 3.98. The number of nitrogens with zero attached hydrogens (tertiary/aromatic N) is 3. The number of H-pyrrole nitrogens is 1. The molecule has 0 bridgehead atoms. The van der Waals surface area contributed by atoms with Gasteiger partial charge in [-0.3, -0.25) is 0 Å². The molecule has 1 heterocycles. The van der Waals surface area contributed by atoms with Gasteiger partial charge in [-0.25, -0.2) is 5.10 Å². The van der Waals surface area contributed by atoms with Crippen LogP contribution >= 0.6 is 0 Å². The van der Waals surface area contributed by atoms with Gasteiger partial charge in [-0.2, -0.15) is 0 Å². The average molecular weight is 242 g/mol. The Balaban J connectivity index is 1.90. The van der Waals surface area contributed by atoms with Crippen LogP contribution in [0, 0.1) is 6.92 Å². The maximum absolute atomic E-state index is 4.12. The van der Waals surface area contributed by atoms with Gasteiger partial charge in [0, 0.05) is 5.92 Å². The Bertz CT molecular complexity index is 489. The number of aromatic nitrogens is 4. The van der Waals surface area contributed by atoms with E-state index in [0.717, 1.165) is 5.82 Å². The molecule has 1 aromatic carbocycles. The highest BCUT2D eigenvalue weighted by Gasteiger charge is 2.30. The summed E-state index contributed by atoms with van der Waals surface area (Å²) in [6.07, 6.45) is 4.98. The molecule has 0 unspecified atom stereocenters. The molecule has 0 radical (unpaired) electrons. The molecule has 0 saturated heterocycles. The molecule has 4 heteroatoms. The van der Waals surface area contributed by atoms with Crippen LogP contribution in [0.25, 0.3) is 0 Å². The lowest BCUT2D eigenvalue weighted by Gasteiger charge is -2.30. The van der Waals surface area contributed by atoms with Gasteiger partial charge in [0.15, 0.2) is 5.82 Å². The minimum absolute atomic E-state index is 0.441. The molecule has 1 saturated carbocycles. The van der Waals surface area contributed by atoms with Gasteiger partial charge in [0.2, 0.25) is 0 Å². The molecule has 4 nitrogen and oxygen atoms in total. The highest BCUT2D eigenvalue weighted by molar-refractivity contribution is 5.27. The van der Waals surface area contributed by atoms with Crippen molar-refractivity contribution in [3.63, 3.8) is 0 Å². The molecule has 2 atom stereocenters. The fraction of sp³-hybridized carbons (Fsp3) is 0.500. The van der Waals surface area contributed by atoms with Crippen molar-refractivity contribution in [1.29, 1.82) is 0 Å². The van der Waals surface area contributed by atoms with Gasteiger partial charge < -0.3 is 0 Å². The molecule has 1 N–H and O–H groups in total. The Kier molecular flexibility index (Phi) is 3.09. The molecule has 1 fully saturated rings. The van der Waals surface area contributed by atoms with E-state index in [1.165, 1.54) is 36.8 Å². The Morgan fingerprint density at radius 2 is 1.78 bits per heavy atom. The van der Waals surface area contributed by atoms with Crippen LogP contribution in [0.2, 0.25) is 0 Å². The lowest BCUT2D eigenvalue weighted by atomic mass is 9.75. The molecule has 0 spiro atoms. The van der Waals surface area contributed by atoms with Gasteiger partial charge in [-0.1, -0.05) is 42.7 Å². The molecule has 1 aromatic heterocycles. The van der Waals surface area contributed by atoms with E-state index in [4.69, 9.17) is 0 Å². The number of hydrogen-bond donors (Lipinski definition) is 1. The molecule has 94 valence electrons. The minimum Gasteiger partial charge on any atom is -0.243 e. The van der Waals surface area contributed by atoms with Crippen molar-refractivity contribution in [2.75, 3.05) is 0 Å². The first-order valence-corrected chi connectivity index (χ1v) is 6.65. The van der Waals surface area contributed by atoms with Gasteiger partial charge in [0.25, 0.3) is 0 Å². The Labute approximate surface area is 107 Å². The lowest BCUT2D eigenvalue weighted by molar-refractivity contribution is 0.373. The molecular weight excluding hydrogens is 224 g/mol. The quantitative estimate of drug-likeness (QED) is 0.880. The molecule has 18 heavy (non-hydrogen) atoms. The van der Waals surface area contributed by atoms with Gasteiger partial charge in [-0.05, 0) is 41.7 Å². The lowest BCUT2D eigenvalue weighted by Crippen LogP contribution is -2.17. The normalized spacial score (nSPS) is 24.1. The van der Waals surface area contributed by atoms with Crippen molar-refractivity contribution in [2.45, 2.75) is 44.4 Å². The first-order valence-electron chi connectivity index (χ1n) is 6.65. The topological polar surface area (TPSA) is 54.5 Å². The number of benzene rings is 1.